The van der Waals surface area contributed by atoms with E-state index >= 15 is 0 Å². The van der Waals surface area contributed by atoms with E-state index in [4.69, 9.17) is 0 Å². The Morgan fingerprint density at radius 3 is 2.67 bits per heavy atom. The number of ether oxygens (including phenoxy) is 1. The van der Waals surface area contributed by atoms with Crippen molar-refractivity contribution in [2.75, 3.05) is 6.61 Å². The predicted molar refractivity (Wildman–Crippen MR) is 45.9 cm³/mol. The van der Waals surface area contributed by atoms with Gasteiger partial charge in [0.2, 0.25) is 0 Å². The van der Waals surface area contributed by atoms with E-state index in [1.807, 2.05) is 0 Å². The summed E-state index contributed by atoms with van der Waals surface area (Å²) in [6, 6.07) is 2.76. The molecule has 0 radical (unpaired) electrons. The van der Waals surface area contributed by atoms with Crippen molar-refractivity contribution in [3.63, 3.8) is 0 Å². The predicted octanol–water partition coefficient (Wildman–Crippen LogP) is 2.14. The lowest BCUT2D eigenvalue weighted by Crippen LogP contribution is -2.20. The van der Waals surface area contributed by atoms with Gasteiger partial charge in [0.1, 0.15) is 11.4 Å². The average Bonchev–Trinajstić information content (AvgIpc) is 2.14. The number of alkyl halides is 3. The highest BCUT2D eigenvalue weighted by Crippen LogP contribution is 2.20. The molecule has 0 aliphatic heterocycles. The Morgan fingerprint density at radius 2 is 2.13 bits per heavy atom. The van der Waals surface area contributed by atoms with Crippen molar-refractivity contribution < 1.29 is 22.7 Å². The highest BCUT2D eigenvalue weighted by atomic mass is 19.4. The summed E-state index contributed by atoms with van der Waals surface area (Å²) in [5, 5.41) is 0. The molecule has 6 heteroatoms. The number of halogens is 3. The zero-order valence-electron chi connectivity index (χ0n) is 7.84. The van der Waals surface area contributed by atoms with Crippen molar-refractivity contribution in [2.24, 2.45) is 0 Å². The first-order chi connectivity index (χ1) is 6.92. The monoisotopic (exact) mass is 219 g/mol. The molecule has 0 amide bonds. The van der Waals surface area contributed by atoms with E-state index in [0.717, 1.165) is 0 Å². The van der Waals surface area contributed by atoms with Crippen molar-refractivity contribution in [2.45, 2.75) is 13.1 Å². The maximum absolute atomic E-state index is 11.8. The Balaban J connectivity index is 2.81. The van der Waals surface area contributed by atoms with Gasteiger partial charge in [0.05, 0.1) is 0 Å². The van der Waals surface area contributed by atoms with Gasteiger partial charge in [-0.05, 0) is 19.1 Å². The lowest BCUT2D eigenvalue weighted by atomic mass is 10.3. The van der Waals surface area contributed by atoms with Crippen LogP contribution in [0.15, 0.2) is 12.1 Å². The van der Waals surface area contributed by atoms with E-state index in [9.17, 15) is 18.0 Å². The minimum atomic E-state index is -4.43. The fraction of sp³-hybridized carbons (Fsp3) is 0.333. The second-order valence-electron chi connectivity index (χ2n) is 2.86. The zero-order valence-corrected chi connectivity index (χ0v) is 7.84. The summed E-state index contributed by atoms with van der Waals surface area (Å²) in [6.07, 6.45) is -4.07. The van der Waals surface area contributed by atoms with Gasteiger partial charge in [0, 0.05) is 5.69 Å². The van der Waals surface area contributed by atoms with Crippen LogP contribution in [0.5, 0.6) is 5.75 Å². The molecule has 0 bridgehead atoms. The summed E-state index contributed by atoms with van der Waals surface area (Å²) in [5.74, 6) is -0.159. The van der Waals surface area contributed by atoms with Crippen LogP contribution >= 0.6 is 0 Å². The van der Waals surface area contributed by atoms with Crippen LogP contribution in [0, 0.1) is 6.92 Å². The minimum Gasteiger partial charge on any atom is -0.482 e. The molecule has 1 heterocycles. The summed E-state index contributed by atoms with van der Waals surface area (Å²) in [5.41, 5.74) is 0.413. The Morgan fingerprint density at radius 1 is 1.47 bits per heavy atom. The third-order valence-electron chi connectivity index (χ3n) is 1.53. The van der Waals surface area contributed by atoms with Gasteiger partial charge in [0.15, 0.2) is 12.9 Å². The third-order valence-corrected chi connectivity index (χ3v) is 1.53. The smallest absolute Gasteiger partial charge is 0.422 e. The SMILES string of the molecule is Cc1ccc(OCC(F)(F)F)c(C=O)n1. The molecule has 1 aromatic rings. The normalized spacial score (nSPS) is 11.2. The number of aryl methyl sites for hydroxylation is 1. The van der Waals surface area contributed by atoms with Gasteiger partial charge in [-0.1, -0.05) is 0 Å². The van der Waals surface area contributed by atoms with Crippen molar-refractivity contribution in [1.82, 2.24) is 4.98 Å². The molecule has 0 aliphatic carbocycles. The molecule has 82 valence electrons. The number of aldehydes is 1. The van der Waals surface area contributed by atoms with Gasteiger partial charge in [-0.2, -0.15) is 13.2 Å². The number of pyridine rings is 1. The van der Waals surface area contributed by atoms with E-state index < -0.39 is 12.8 Å². The molecule has 0 fully saturated rings. The first kappa shape index (κ1) is 11.5. The van der Waals surface area contributed by atoms with Crippen LogP contribution < -0.4 is 4.74 Å². The van der Waals surface area contributed by atoms with Crippen LogP contribution in [-0.4, -0.2) is 24.1 Å². The Hall–Kier alpha value is -1.59. The van der Waals surface area contributed by atoms with E-state index in [0.29, 0.717) is 12.0 Å². The molecule has 1 aromatic heterocycles. The highest BCUT2D eigenvalue weighted by Gasteiger charge is 2.28. The zero-order chi connectivity index (χ0) is 11.5. The number of rotatable bonds is 3. The molecular formula is C9H8F3NO2. The molecule has 0 N–H and O–H groups in total. The van der Waals surface area contributed by atoms with Gasteiger partial charge in [0.25, 0.3) is 0 Å². The molecule has 0 saturated carbocycles. The highest BCUT2D eigenvalue weighted by molar-refractivity contribution is 5.76. The number of aromatic nitrogens is 1. The van der Waals surface area contributed by atoms with Gasteiger partial charge in [-0.3, -0.25) is 4.79 Å². The largest absolute Gasteiger partial charge is 0.482 e. The molecule has 0 atom stereocenters. The van der Waals surface area contributed by atoms with Gasteiger partial charge in [-0.25, -0.2) is 4.98 Å². The number of hydrogen-bond acceptors (Lipinski definition) is 3. The van der Waals surface area contributed by atoms with Gasteiger partial charge < -0.3 is 4.74 Å². The lowest BCUT2D eigenvalue weighted by molar-refractivity contribution is -0.153. The van der Waals surface area contributed by atoms with Crippen molar-refractivity contribution in [3.8, 4) is 5.75 Å². The Kier molecular flexibility index (Phi) is 3.28. The van der Waals surface area contributed by atoms with Gasteiger partial charge in [-0.15, -0.1) is 0 Å². The molecule has 15 heavy (non-hydrogen) atoms. The standard InChI is InChI=1S/C9H8F3NO2/c1-6-2-3-8(7(4-14)13-6)15-5-9(10,11)12/h2-4H,5H2,1H3. The fourth-order valence-electron chi connectivity index (χ4n) is 0.930. The first-order valence-electron chi connectivity index (χ1n) is 4.05. The molecule has 0 aliphatic rings. The maximum atomic E-state index is 11.8. The third kappa shape index (κ3) is 3.57. The van der Waals surface area contributed by atoms with Crippen LogP contribution in [0.25, 0.3) is 0 Å². The quantitative estimate of drug-likeness (QED) is 0.731. The van der Waals surface area contributed by atoms with Crippen LogP contribution in [0.2, 0.25) is 0 Å². The van der Waals surface area contributed by atoms with E-state index in [2.05, 4.69) is 9.72 Å². The first-order valence-corrected chi connectivity index (χ1v) is 4.05. The number of nitrogens with zero attached hydrogens (tertiary/aromatic N) is 1. The molecule has 1 rings (SSSR count). The second kappa shape index (κ2) is 4.29. The second-order valence-corrected chi connectivity index (χ2v) is 2.86. The summed E-state index contributed by atoms with van der Waals surface area (Å²) in [7, 11) is 0. The van der Waals surface area contributed by atoms with Crippen molar-refractivity contribution >= 4 is 6.29 Å². The lowest BCUT2D eigenvalue weighted by Gasteiger charge is -2.10. The van der Waals surface area contributed by atoms with Crippen molar-refractivity contribution in [1.29, 1.82) is 0 Å². The van der Waals surface area contributed by atoms with E-state index in [-0.39, 0.29) is 11.4 Å². The van der Waals surface area contributed by atoms with Crippen LogP contribution in [-0.2, 0) is 0 Å². The maximum Gasteiger partial charge on any atom is 0.422 e. The fourth-order valence-corrected chi connectivity index (χ4v) is 0.930. The van der Waals surface area contributed by atoms with Crippen LogP contribution in [0.1, 0.15) is 16.2 Å². The number of hydrogen-bond donors (Lipinski definition) is 0. The molecule has 0 spiro atoms. The average molecular weight is 219 g/mol. The van der Waals surface area contributed by atoms with Gasteiger partial charge >= 0.3 is 6.18 Å². The molecule has 0 aromatic carbocycles. The molecular weight excluding hydrogens is 211 g/mol. The summed E-state index contributed by atoms with van der Waals surface area (Å²) in [4.78, 5) is 14.2. The topological polar surface area (TPSA) is 39.2 Å². The Bertz CT molecular complexity index is 363. The Labute approximate surface area is 83.9 Å². The minimum absolute atomic E-state index is 0.126. The van der Waals surface area contributed by atoms with E-state index in [1.165, 1.54) is 12.1 Å². The summed E-state index contributed by atoms with van der Waals surface area (Å²) < 4.78 is 39.9. The van der Waals surface area contributed by atoms with E-state index in [1.54, 1.807) is 6.92 Å². The summed E-state index contributed by atoms with van der Waals surface area (Å²) >= 11 is 0. The molecule has 3 nitrogen and oxygen atoms in total. The summed E-state index contributed by atoms with van der Waals surface area (Å²) in [6.45, 7) is 0.194. The number of carbonyl (C=O) groups excluding carboxylic acids is 1. The molecule has 0 unspecified atom stereocenters. The number of carbonyl (C=O) groups is 1. The van der Waals surface area contributed by atoms with Crippen molar-refractivity contribution in [3.05, 3.63) is 23.5 Å². The van der Waals surface area contributed by atoms with Crippen LogP contribution in [0.4, 0.5) is 13.2 Å². The molecule has 0 saturated heterocycles. The van der Waals surface area contributed by atoms with Crippen LogP contribution in [0.3, 0.4) is 0 Å².